The first-order chi connectivity index (χ1) is 12.0. The second kappa shape index (κ2) is 7.64. The number of hydrogen-bond acceptors (Lipinski definition) is 5. The van der Waals surface area contributed by atoms with Gasteiger partial charge >= 0.3 is 0 Å². The molecular formula is C18H24ClN3O3. The first-order valence-electron chi connectivity index (χ1n) is 8.43. The van der Waals surface area contributed by atoms with Crippen LogP contribution in [0.1, 0.15) is 36.4 Å². The number of halogens is 1. The van der Waals surface area contributed by atoms with Crippen LogP contribution in [0.5, 0.6) is 11.5 Å². The SMILES string of the molecule is CC[C@@H](O)c1cc2n(n1)CCN(Cc1cc(Cl)cc(OC)c1OC)C2. The van der Waals surface area contributed by atoms with E-state index in [-0.39, 0.29) is 0 Å². The molecule has 1 aliphatic rings. The number of nitrogens with zero attached hydrogens (tertiary/aromatic N) is 3. The summed E-state index contributed by atoms with van der Waals surface area (Å²) >= 11 is 6.21. The Bertz CT molecular complexity index is 747. The molecule has 1 atom stereocenters. The Morgan fingerprint density at radius 3 is 2.72 bits per heavy atom. The van der Waals surface area contributed by atoms with Gasteiger partial charge in [-0.2, -0.15) is 5.10 Å². The molecule has 0 bridgehead atoms. The third-order valence-corrected chi connectivity index (χ3v) is 4.76. The standard InChI is InChI=1S/C18H24ClN3O3/c1-4-16(23)15-9-14-11-21(5-6-22(14)20-15)10-12-7-13(19)8-17(24-2)18(12)25-3/h7-9,16,23H,4-6,10-11H2,1-3H3/t16-/m1/s1. The molecule has 0 amide bonds. The molecule has 2 aromatic rings. The molecule has 136 valence electrons. The van der Waals surface area contributed by atoms with Crippen molar-refractivity contribution in [3.63, 3.8) is 0 Å². The average Bonchev–Trinajstić information content (AvgIpc) is 3.03. The van der Waals surface area contributed by atoms with Crippen molar-refractivity contribution in [1.29, 1.82) is 0 Å². The summed E-state index contributed by atoms with van der Waals surface area (Å²) in [5, 5.41) is 15.1. The molecule has 1 N–H and O–H groups in total. The van der Waals surface area contributed by atoms with Crippen molar-refractivity contribution in [3.05, 3.63) is 40.2 Å². The van der Waals surface area contributed by atoms with Crippen LogP contribution in [0.15, 0.2) is 18.2 Å². The number of methoxy groups -OCH3 is 2. The average molecular weight is 366 g/mol. The van der Waals surface area contributed by atoms with E-state index in [1.165, 1.54) is 0 Å². The summed E-state index contributed by atoms with van der Waals surface area (Å²) in [6.45, 7) is 5.09. The molecule has 25 heavy (non-hydrogen) atoms. The lowest BCUT2D eigenvalue weighted by molar-refractivity contribution is 0.166. The van der Waals surface area contributed by atoms with Gasteiger partial charge in [0.25, 0.3) is 0 Å². The second-order valence-electron chi connectivity index (χ2n) is 6.22. The highest BCUT2D eigenvalue weighted by Gasteiger charge is 2.22. The molecule has 0 spiro atoms. The fraction of sp³-hybridized carbons (Fsp3) is 0.500. The van der Waals surface area contributed by atoms with Gasteiger partial charge < -0.3 is 14.6 Å². The van der Waals surface area contributed by atoms with Gasteiger partial charge in [-0.15, -0.1) is 0 Å². The highest BCUT2D eigenvalue weighted by atomic mass is 35.5. The highest BCUT2D eigenvalue weighted by Crippen LogP contribution is 2.35. The predicted molar refractivity (Wildman–Crippen MR) is 96.1 cm³/mol. The molecular weight excluding hydrogens is 342 g/mol. The monoisotopic (exact) mass is 365 g/mol. The van der Waals surface area contributed by atoms with Crippen molar-refractivity contribution in [1.82, 2.24) is 14.7 Å². The van der Waals surface area contributed by atoms with Crippen LogP contribution in [0.2, 0.25) is 5.02 Å². The van der Waals surface area contributed by atoms with E-state index in [4.69, 9.17) is 21.1 Å². The number of aromatic nitrogens is 2. The Labute approximate surface area is 152 Å². The summed E-state index contributed by atoms with van der Waals surface area (Å²) in [5.74, 6) is 1.36. The van der Waals surface area contributed by atoms with E-state index in [1.54, 1.807) is 20.3 Å². The lowest BCUT2D eigenvalue weighted by Crippen LogP contribution is -2.33. The first-order valence-corrected chi connectivity index (χ1v) is 8.81. The molecule has 0 fully saturated rings. The molecule has 0 radical (unpaired) electrons. The fourth-order valence-electron chi connectivity index (χ4n) is 3.21. The number of fused-ring (bicyclic) bond motifs is 1. The molecule has 0 saturated carbocycles. The van der Waals surface area contributed by atoms with Crippen LogP contribution in [-0.4, -0.2) is 40.6 Å². The van der Waals surface area contributed by atoms with Crippen LogP contribution in [0.25, 0.3) is 0 Å². The maximum atomic E-state index is 10.0. The van der Waals surface area contributed by atoms with Crippen molar-refractivity contribution in [2.45, 2.75) is 39.1 Å². The number of hydrogen-bond donors (Lipinski definition) is 1. The van der Waals surface area contributed by atoms with E-state index >= 15 is 0 Å². The van der Waals surface area contributed by atoms with Crippen molar-refractivity contribution in [2.24, 2.45) is 0 Å². The fourth-order valence-corrected chi connectivity index (χ4v) is 3.44. The minimum absolute atomic E-state index is 0.496. The molecule has 6 nitrogen and oxygen atoms in total. The molecule has 1 aromatic heterocycles. The predicted octanol–water partition coefficient (Wildman–Crippen LogP) is 3.01. The summed E-state index contributed by atoms with van der Waals surface area (Å²) < 4.78 is 12.9. The van der Waals surface area contributed by atoms with Gasteiger partial charge in [-0.1, -0.05) is 18.5 Å². The third kappa shape index (κ3) is 3.76. The maximum absolute atomic E-state index is 10.0. The Morgan fingerprint density at radius 2 is 2.04 bits per heavy atom. The van der Waals surface area contributed by atoms with E-state index in [0.29, 0.717) is 29.5 Å². The summed E-state index contributed by atoms with van der Waals surface area (Å²) in [7, 11) is 3.25. The molecule has 3 rings (SSSR count). The smallest absolute Gasteiger partial charge is 0.165 e. The highest BCUT2D eigenvalue weighted by molar-refractivity contribution is 6.30. The summed E-state index contributed by atoms with van der Waals surface area (Å²) in [4.78, 5) is 2.31. The van der Waals surface area contributed by atoms with Gasteiger partial charge in [0, 0.05) is 36.3 Å². The Morgan fingerprint density at radius 1 is 1.24 bits per heavy atom. The zero-order valence-electron chi connectivity index (χ0n) is 14.8. The van der Waals surface area contributed by atoms with Crippen LogP contribution in [0.3, 0.4) is 0 Å². The Kier molecular flexibility index (Phi) is 5.51. The Hall–Kier alpha value is -1.76. The largest absolute Gasteiger partial charge is 0.493 e. The van der Waals surface area contributed by atoms with Crippen LogP contribution >= 0.6 is 11.6 Å². The van der Waals surface area contributed by atoms with E-state index < -0.39 is 6.10 Å². The number of benzene rings is 1. The van der Waals surface area contributed by atoms with E-state index in [2.05, 4.69) is 10.00 Å². The van der Waals surface area contributed by atoms with Gasteiger partial charge in [0.05, 0.1) is 38.3 Å². The zero-order chi connectivity index (χ0) is 18.0. The Balaban J connectivity index is 1.79. The molecule has 7 heteroatoms. The molecule has 2 heterocycles. The molecule has 0 unspecified atom stereocenters. The number of aliphatic hydroxyl groups excluding tert-OH is 1. The lowest BCUT2D eigenvalue weighted by atomic mass is 10.1. The first kappa shape index (κ1) is 18.0. The van der Waals surface area contributed by atoms with Gasteiger partial charge in [0.2, 0.25) is 0 Å². The van der Waals surface area contributed by atoms with Gasteiger partial charge in [0.15, 0.2) is 11.5 Å². The van der Waals surface area contributed by atoms with Crippen molar-refractivity contribution in [3.8, 4) is 11.5 Å². The second-order valence-corrected chi connectivity index (χ2v) is 6.66. The van der Waals surface area contributed by atoms with Gasteiger partial charge in [-0.05, 0) is 18.6 Å². The quantitative estimate of drug-likeness (QED) is 0.852. The normalized spacial score (nSPS) is 15.7. The van der Waals surface area contributed by atoms with Gasteiger partial charge in [0.1, 0.15) is 0 Å². The topological polar surface area (TPSA) is 59.8 Å². The van der Waals surface area contributed by atoms with Crippen molar-refractivity contribution < 1.29 is 14.6 Å². The van der Waals surface area contributed by atoms with Crippen LogP contribution < -0.4 is 9.47 Å². The van der Waals surface area contributed by atoms with Crippen LogP contribution in [-0.2, 0) is 19.6 Å². The van der Waals surface area contributed by atoms with Crippen LogP contribution in [0.4, 0.5) is 0 Å². The third-order valence-electron chi connectivity index (χ3n) is 4.54. The zero-order valence-corrected chi connectivity index (χ0v) is 15.6. The number of ether oxygens (including phenoxy) is 2. The lowest BCUT2D eigenvalue weighted by Gasteiger charge is -2.28. The van der Waals surface area contributed by atoms with Crippen molar-refractivity contribution in [2.75, 3.05) is 20.8 Å². The summed E-state index contributed by atoms with van der Waals surface area (Å²) in [5.41, 5.74) is 2.86. The van der Waals surface area contributed by atoms with Gasteiger partial charge in [-0.3, -0.25) is 9.58 Å². The number of aliphatic hydroxyl groups is 1. The molecule has 1 aromatic carbocycles. The minimum Gasteiger partial charge on any atom is -0.493 e. The molecule has 0 saturated heterocycles. The summed E-state index contributed by atoms with van der Waals surface area (Å²) in [6, 6.07) is 5.67. The maximum Gasteiger partial charge on any atom is 0.165 e. The molecule has 1 aliphatic heterocycles. The van der Waals surface area contributed by atoms with E-state index in [0.717, 1.165) is 36.6 Å². The van der Waals surface area contributed by atoms with Crippen LogP contribution in [0, 0.1) is 0 Å². The van der Waals surface area contributed by atoms with E-state index in [9.17, 15) is 5.11 Å². The molecule has 0 aliphatic carbocycles. The van der Waals surface area contributed by atoms with Gasteiger partial charge in [-0.25, -0.2) is 0 Å². The van der Waals surface area contributed by atoms with E-state index in [1.807, 2.05) is 23.7 Å². The number of rotatable bonds is 6. The van der Waals surface area contributed by atoms with Crippen molar-refractivity contribution >= 4 is 11.6 Å². The summed E-state index contributed by atoms with van der Waals surface area (Å²) in [6.07, 6.45) is 0.170. The minimum atomic E-state index is -0.496.